The topological polar surface area (TPSA) is 71.1 Å². The van der Waals surface area contributed by atoms with Gasteiger partial charge in [0.05, 0.1) is 10.7 Å². The number of nitrogens with zero attached hydrogens (tertiary/aromatic N) is 1. The molecule has 0 atom stereocenters. The zero-order valence-electron chi connectivity index (χ0n) is 10.7. The summed E-state index contributed by atoms with van der Waals surface area (Å²) in [5.41, 5.74) is 0.213. The SMILES string of the molecule is CNc1ncc(S(=O)(=O)Nc2ccc(F)cc2Br)cc1Cl. The molecule has 0 spiro atoms. The monoisotopic (exact) mass is 393 g/mol. The lowest BCUT2D eigenvalue weighted by atomic mass is 10.3. The Morgan fingerprint density at radius 1 is 1.33 bits per heavy atom. The Balaban J connectivity index is 2.36. The summed E-state index contributed by atoms with van der Waals surface area (Å²) in [6, 6.07) is 4.90. The van der Waals surface area contributed by atoms with Crippen LogP contribution in [0.5, 0.6) is 0 Å². The van der Waals surface area contributed by atoms with E-state index >= 15 is 0 Å². The van der Waals surface area contributed by atoms with Crippen LogP contribution in [0.3, 0.4) is 0 Å². The molecule has 0 fully saturated rings. The van der Waals surface area contributed by atoms with E-state index in [0.717, 1.165) is 12.1 Å². The molecule has 21 heavy (non-hydrogen) atoms. The molecule has 0 bridgehead atoms. The van der Waals surface area contributed by atoms with Gasteiger partial charge in [-0.2, -0.15) is 0 Å². The van der Waals surface area contributed by atoms with E-state index in [1.165, 1.54) is 18.3 Å². The predicted octanol–water partition coefficient (Wildman–Crippen LogP) is 3.48. The number of hydrogen-bond donors (Lipinski definition) is 2. The molecule has 2 rings (SSSR count). The first-order valence-corrected chi connectivity index (χ1v) is 8.30. The number of halogens is 3. The summed E-state index contributed by atoms with van der Waals surface area (Å²) in [4.78, 5) is 3.81. The van der Waals surface area contributed by atoms with Gasteiger partial charge in [-0.3, -0.25) is 4.72 Å². The van der Waals surface area contributed by atoms with Crippen molar-refractivity contribution in [1.29, 1.82) is 0 Å². The molecule has 0 aliphatic rings. The molecule has 0 aliphatic carbocycles. The molecule has 0 aliphatic heterocycles. The lowest BCUT2D eigenvalue weighted by Gasteiger charge is -2.11. The van der Waals surface area contributed by atoms with Crippen molar-refractivity contribution in [1.82, 2.24) is 4.98 Å². The fourth-order valence-corrected chi connectivity index (χ4v) is 3.48. The summed E-state index contributed by atoms with van der Waals surface area (Å²) in [7, 11) is -2.25. The predicted molar refractivity (Wildman–Crippen MR) is 83.7 cm³/mol. The molecule has 0 unspecified atom stereocenters. The summed E-state index contributed by atoms with van der Waals surface area (Å²) in [6.07, 6.45) is 1.18. The Labute approximate surface area is 134 Å². The van der Waals surface area contributed by atoms with Crippen molar-refractivity contribution in [3.05, 3.63) is 45.8 Å². The van der Waals surface area contributed by atoms with Crippen LogP contribution < -0.4 is 10.0 Å². The average Bonchev–Trinajstić information content (AvgIpc) is 2.42. The zero-order valence-corrected chi connectivity index (χ0v) is 13.9. The molecular formula is C12H10BrClFN3O2S. The number of pyridine rings is 1. The van der Waals surface area contributed by atoms with E-state index in [2.05, 4.69) is 31.0 Å². The second-order valence-corrected chi connectivity index (χ2v) is 6.93. The first-order chi connectivity index (χ1) is 9.83. The molecule has 1 aromatic heterocycles. The minimum Gasteiger partial charge on any atom is -0.372 e. The third-order valence-electron chi connectivity index (χ3n) is 2.54. The normalized spacial score (nSPS) is 11.2. The molecule has 1 heterocycles. The van der Waals surface area contributed by atoms with Gasteiger partial charge in [0.1, 0.15) is 16.5 Å². The maximum absolute atomic E-state index is 13.0. The third-order valence-corrected chi connectivity index (χ3v) is 4.82. The van der Waals surface area contributed by atoms with E-state index in [1.807, 2.05) is 0 Å². The second kappa shape index (κ2) is 6.17. The van der Waals surface area contributed by atoms with Crippen molar-refractivity contribution in [3.63, 3.8) is 0 Å². The number of aromatic nitrogens is 1. The van der Waals surface area contributed by atoms with Crippen LogP contribution in [0.4, 0.5) is 15.9 Å². The minimum atomic E-state index is -3.87. The van der Waals surface area contributed by atoms with Crippen LogP contribution in [0, 0.1) is 5.82 Å². The Bertz CT molecular complexity index is 786. The third kappa shape index (κ3) is 3.63. The standard InChI is InChI=1S/C12H10BrClFN3O2S/c1-16-12-10(14)5-8(6-17-12)21(19,20)18-11-3-2-7(15)4-9(11)13/h2-6,18H,1H3,(H,16,17). The van der Waals surface area contributed by atoms with E-state index in [-0.39, 0.29) is 20.1 Å². The summed E-state index contributed by atoms with van der Waals surface area (Å²) in [5, 5.41) is 2.91. The van der Waals surface area contributed by atoms with Gasteiger partial charge >= 0.3 is 0 Å². The van der Waals surface area contributed by atoms with Gasteiger partial charge in [-0.1, -0.05) is 11.6 Å². The molecule has 0 radical (unpaired) electrons. The van der Waals surface area contributed by atoms with Crippen molar-refractivity contribution in [2.45, 2.75) is 4.90 Å². The fourth-order valence-electron chi connectivity index (χ4n) is 1.53. The lowest BCUT2D eigenvalue weighted by Crippen LogP contribution is -2.14. The largest absolute Gasteiger partial charge is 0.372 e. The average molecular weight is 395 g/mol. The zero-order chi connectivity index (χ0) is 15.6. The molecule has 112 valence electrons. The summed E-state index contributed by atoms with van der Waals surface area (Å²) < 4.78 is 40.1. The van der Waals surface area contributed by atoms with Crippen LogP contribution in [0.25, 0.3) is 0 Å². The van der Waals surface area contributed by atoms with Crippen LogP contribution in [0.15, 0.2) is 39.8 Å². The van der Waals surface area contributed by atoms with Crippen molar-refractivity contribution in [2.75, 3.05) is 17.1 Å². The Hall–Kier alpha value is -1.38. The number of rotatable bonds is 4. The minimum absolute atomic E-state index is 0.0947. The van der Waals surface area contributed by atoms with Gasteiger partial charge in [0.2, 0.25) is 0 Å². The van der Waals surface area contributed by atoms with Gasteiger partial charge in [-0.15, -0.1) is 0 Å². The highest BCUT2D eigenvalue weighted by Gasteiger charge is 2.18. The van der Waals surface area contributed by atoms with Crippen molar-refractivity contribution in [2.24, 2.45) is 0 Å². The highest BCUT2D eigenvalue weighted by molar-refractivity contribution is 9.10. The number of nitrogens with one attached hydrogen (secondary N) is 2. The molecule has 0 saturated carbocycles. The summed E-state index contributed by atoms with van der Waals surface area (Å²) >= 11 is 9.01. The maximum Gasteiger partial charge on any atom is 0.263 e. The fraction of sp³-hybridized carbons (Fsp3) is 0.0833. The van der Waals surface area contributed by atoms with Crippen LogP contribution in [-0.2, 0) is 10.0 Å². The molecule has 0 amide bonds. The van der Waals surface area contributed by atoms with Gasteiger partial charge in [0, 0.05) is 17.7 Å². The van der Waals surface area contributed by atoms with Gasteiger partial charge in [-0.25, -0.2) is 17.8 Å². The smallest absolute Gasteiger partial charge is 0.263 e. The highest BCUT2D eigenvalue weighted by Crippen LogP contribution is 2.27. The number of sulfonamides is 1. The van der Waals surface area contributed by atoms with Crippen LogP contribution in [0.2, 0.25) is 5.02 Å². The van der Waals surface area contributed by atoms with Crippen LogP contribution in [0.1, 0.15) is 0 Å². The van der Waals surface area contributed by atoms with Crippen molar-refractivity contribution in [3.8, 4) is 0 Å². The van der Waals surface area contributed by atoms with Crippen molar-refractivity contribution >= 4 is 49.1 Å². The highest BCUT2D eigenvalue weighted by atomic mass is 79.9. The van der Waals surface area contributed by atoms with Crippen molar-refractivity contribution < 1.29 is 12.8 Å². The molecule has 2 aromatic rings. The number of benzene rings is 1. The van der Waals surface area contributed by atoms with E-state index < -0.39 is 15.8 Å². The van der Waals surface area contributed by atoms with Crippen LogP contribution in [-0.4, -0.2) is 20.4 Å². The van der Waals surface area contributed by atoms with Crippen LogP contribution >= 0.6 is 27.5 Å². The van der Waals surface area contributed by atoms with E-state index in [1.54, 1.807) is 7.05 Å². The molecule has 9 heteroatoms. The Morgan fingerprint density at radius 3 is 2.62 bits per heavy atom. The van der Waals surface area contributed by atoms with E-state index in [4.69, 9.17) is 11.6 Å². The Morgan fingerprint density at radius 2 is 2.05 bits per heavy atom. The molecule has 5 nitrogen and oxygen atoms in total. The first-order valence-electron chi connectivity index (χ1n) is 5.64. The molecule has 1 aromatic carbocycles. The van der Waals surface area contributed by atoms with Gasteiger partial charge < -0.3 is 5.32 Å². The quantitative estimate of drug-likeness (QED) is 0.833. The lowest BCUT2D eigenvalue weighted by molar-refractivity contribution is 0.600. The van der Waals surface area contributed by atoms with Gasteiger partial charge in [-0.05, 0) is 40.2 Å². The van der Waals surface area contributed by atoms with E-state index in [0.29, 0.717) is 5.82 Å². The molecule has 0 saturated heterocycles. The number of anilines is 2. The van der Waals surface area contributed by atoms with Gasteiger partial charge in [0.25, 0.3) is 10.0 Å². The number of hydrogen-bond acceptors (Lipinski definition) is 4. The summed E-state index contributed by atoms with van der Waals surface area (Å²) in [5.74, 6) is -0.105. The van der Waals surface area contributed by atoms with Gasteiger partial charge in [0.15, 0.2) is 0 Å². The molecular weight excluding hydrogens is 385 g/mol. The Kier molecular flexibility index (Phi) is 4.70. The molecule has 2 N–H and O–H groups in total. The van der Waals surface area contributed by atoms with E-state index in [9.17, 15) is 12.8 Å². The maximum atomic E-state index is 13.0. The first kappa shape index (κ1) is 16.0. The summed E-state index contributed by atoms with van der Waals surface area (Å²) in [6.45, 7) is 0. The second-order valence-electron chi connectivity index (χ2n) is 3.98.